The van der Waals surface area contributed by atoms with Gasteiger partial charge in [0.15, 0.2) is 0 Å². The Bertz CT molecular complexity index is 391. The average Bonchev–Trinajstić information content (AvgIpc) is 2.83. The molecule has 0 aromatic heterocycles. The quantitative estimate of drug-likeness (QED) is 0.0431. The molecule has 0 aliphatic heterocycles. The monoisotopic (exact) mass is 594 g/mol. The first kappa shape index (κ1) is 33.3. The van der Waals surface area contributed by atoms with E-state index in [-0.39, 0.29) is 12.2 Å². The molecule has 2 unspecified atom stereocenters. The van der Waals surface area contributed by atoms with Gasteiger partial charge in [0.25, 0.3) is 0 Å². The molecule has 3 nitrogen and oxygen atoms in total. The van der Waals surface area contributed by atoms with E-state index in [4.69, 9.17) is 14.2 Å². The Morgan fingerprint density at radius 2 is 0.939 bits per heavy atom. The minimum Gasteiger partial charge on any atom is -0.352 e. The van der Waals surface area contributed by atoms with E-state index in [2.05, 4.69) is 70.0 Å². The summed E-state index contributed by atoms with van der Waals surface area (Å²) in [5.74, 6) is 0. The van der Waals surface area contributed by atoms with E-state index in [0.717, 1.165) is 49.2 Å². The van der Waals surface area contributed by atoms with Crippen molar-refractivity contribution in [3.8, 4) is 0 Å². The number of ether oxygens (including phenoxy) is 3. The zero-order chi connectivity index (χ0) is 24.2. The highest BCUT2D eigenvalue weighted by Gasteiger charge is 2.07. The molecule has 196 valence electrons. The number of hydrogen-bond acceptors (Lipinski definition) is 3. The molecule has 0 rings (SSSR count). The second kappa shape index (κ2) is 28.6. The molecular weight excluding hydrogens is 544 g/mol. The summed E-state index contributed by atoms with van der Waals surface area (Å²) in [6.07, 6.45) is 29.1. The second-order valence-electron chi connectivity index (χ2n) is 8.71. The molecule has 33 heavy (non-hydrogen) atoms. The van der Waals surface area contributed by atoms with Gasteiger partial charge in [-0.2, -0.15) is 0 Å². The predicted octanol–water partition coefficient (Wildman–Crippen LogP) is 9.87. The summed E-state index contributed by atoms with van der Waals surface area (Å²) in [5, 5.41) is 2.26. The third-order valence-corrected chi connectivity index (χ3v) is 6.96. The van der Waals surface area contributed by atoms with Gasteiger partial charge in [0, 0.05) is 10.7 Å². The lowest BCUT2D eigenvalue weighted by molar-refractivity contribution is -0.166. The van der Waals surface area contributed by atoms with Crippen LogP contribution in [-0.2, 0) is 14.2 Å². The Kier molecular flexibility index (Phi) is 28.8. The third-order valence-electron chi connectivity index (χ3n) is 5.84. The molecule has 0 radical (unpaired) electrons. The van der Waals surface area contributed by atoms with E-state index in [1.165, 1.54) is 64.2 Å². The van der Waals surface area contributed by atoms with Gasteiger partial charge in [-0.05, 0) is 77.0 Å². The van der Waals surface area contributed by atoms with Crippen molar-refractivity contribution in [3.63, 3.8) is 0 Å². The SMILES string of the molecule is CCC(CCC=CCCCCCCBr)OCOCOC(CC)CCC=CCCCCCCBr. The topological polar surface area (TPSA) is 27.7 Å². The standard InChI is InChI=1S/C28H52Br2O3/c1-3-27(21-17-13-9-5-7-11-15-19-23-29)32-25-31-26-33-28(4-2)22-18-14-10-6-8-12-16-20-24-30/h9-10,13-14,27-28H,3-8,11-12,15-26H2,1-2H3. The lowest BCUT2D eigenvalue weighted by atomic mass is 10.1. The van der Waals surface area contributed by atoms with Gasteiger partial charge >= 0.3 is 0 Å². The van der Waals surface area contributed by atoms with Crippen LogP contribution in [0.1, 0.15) is 117 Å². The number of halogens is 2. The summed E-state index contributed by atoms with van der Waals surface area (Å²) in [6.45, 7) is 5.00. The van der Waals surface area contributed by atoms with Gasteiger partial charge in [-0.1, -0.05) is 95.7 Å². The summed E-state index contributed by atoms with van der Waals surface area (Å²) >= 11 is 6.97. The zero-order valence-electron chi connectivity index (χ0n) is 21.6. The van der Waals surface area contributed by atoms with Crippen LogP contribution in [-0.4, -0.2) is 36.5 Å². The van der Waals surface area contributed by atoms with Crippen molar-refractivity contribution in [2.24, 2.45) is 0 Å². The molecule has 0 aliphatic rings. The van der Waals surface area contributed by atoms with Crippen molar-refractivity contribution in [1.82, 2.24) is 0 Å². The lowest BCUT2D eigenvalue weighted by Crippen LogP contribution is -2.18. The van der Waals surface area contributed by atoms with E-state index in [1.807, 2.05) is 0 Å². The number of rotatable bonds is 26. The highest BCUT2D eigenvalue weighted by Crippen LogP contribution is 2.11. The van der Waals surface area contributed by atoms with Gasteiger partial charge in [-0.25, -0.2) is 0 Å². The van der Waals surface area contributed by atoms with E-state index in [9.17, 15) is 0 Å². The van der Waals surface area contributed by atoms with Crippen molar-refractivity contribution in [2.75, 3.05) is 24.2 Å². The fourth-order valence-electron chi connectivity index (χ4n) is 3.59. The van der Waals surface area contributed by atoms with Gasteiger partial charge in [0.05, 0.1) is 12.2 Å². The lowest BCUT2D eigenvalue weighted by Gasteiger charge is -2.18. The summed E-state index contributed by atoms with van der Waals surface area (Å²) in [5.41, 5.74) is 0. The molecule has 0 aromatic rings. The van der Waals surface area contributed by atoms with Crippen LogP contribution in [0, 0.1) is 0 Å². The maximum absolute atomic E-state index is 5.88. The third kappa shape index (κ3) is 25.2. The average molecular weight is 597 g/mol. The summed E-state index contributed by atoms with van der Waals surface area (Å²) in [4.78, 5) is 0. The molecule has 5 heteroatoms. The van der Waals surface area contributed by atoms with Gasteiger partial charge in [-0.3, -0.25) is 0 Å². The molecule has 0 bridgehead atoms. The van der Waals surface area contributed by atoms with E-state index < -0.39 is 0 Å². The van der Waals surface area contributed by atoms with E-state index >= 15 is 0 Å². The minimum atomic E-state index is 0.264. The number of alkyl halides is 2. The fourth-order valence-corrected chi connectivity index (χ4v) is 4.38. The van der Waals surface area contributed by atoms with E-state index in [1.54, 1.807) is 0 Å². The Balaban J connectivity index is 3.66. The van der Waals surface area contributed by atoms with Crippen molar-refractivity contribution in [3.05, 3.63) is 24.3 Å². The maximum Gasteiger partial charge on any atom is 0.149 e. The smallest absolute Gasteiger partial charge is 0.149 e. The van der Waals surface area contributed by atoms with Gasteiger partial charge in [0.2, 0.25) is 0 Å². The first-order valence-corrected chi connectivity index (χ1v) is 15.8. The zero-order valence-corrected chi connectivity index (χ0v) is 24.8. The first-order valence-electron chi connectivity index (χ1n) is 13.5. The molecule has 0 N–H and O–H groups in total. The van der Waals surface area contributed by atoms with E-state index in [0.29, 0.717) is 13.6 Å². The predicted molar refractivity (Wildman–Crippen MR) is 152 cm³/mol. The molecular formula is C28H52Br2O3. The Hall–Kier alpha value is 0.320. The van der Waals surface area contributed by atoms with Crippen LogP contribution < -0.4 is 0 Å². The highest BCUT2D eigenvalue weighted by molar-refractivity contribution is 9.09. The number of allylic oxidation sites excluding steroid dienone is 4. The van der Waals surface area contributed by atoms with Crippen molar-refractivity contribution in [1.29, 1.82) is 0 Å². The molecule has 0 heterocycles. The summed E-state index contributed by atoms with van der Waals surface area (Å²) in [6, 6.07) is 0. The van der Waals surface area contributed by atoms with Crippen molar-refractivity contribution >= 4 is 31.9 Å². The largest absolute Gasteiger partial charge is 0.352 e. The Morgan fingerprint density at radius 3 is 1.33 bits per heavy atom. The van der Waals surface area contributed by atoms with Gasteiger partial charge in [-0.15, -0.1) is 0 Å². The molecule has 0 aliphatic carbocycles. The molecule has 0 fully saturated rings. The first-order chi connectivity index (χ1) is 16.3. The van der Waals surface area contributed by atoms with Crippen LogP contribution in [0.5, 0.6) is 0 Å². The minimum absolute atomic E-state index is 0.264. The molecule has 0 saturated heterocycles. The second-order valence-corrected chi connectivity index (χ2v) is 10.3. The van der Waals surface area contributed by atoms with Crippen LogP contribution in [0.15, 0.2) is 24.3 Å². The molecule has 2 atom stereocenters. The summed E-state index contributed by atoms with van der Waals surface area (Å²) in [7, 11) is 0. The maximum atomic E-state index is 5.88. The Morgan fingerprint density at radius 1 is 0.545 bits per heavy atom. The summed E-state index contributed by atoms with van der Waals surface area (Å²) < 4.78 is 17.4. The van der Waals surface area contributed by atoms with Crippen LogP contribution in [0.3, 0.4) is 0 Å². The number of unbranched alkanes of at least 4 members (excludes halogenated alkanes) is 8. The molecule has 0 aromatic carbocycles. The highest BCUT2D eigenvalue weighted by atomic mass is 79.9. The van der Waals surface area contributed by atoms with Crippen molar-refractivity contribution in [2.45, 2.75) is 129 Å². The normalized spacial score (nSPS) is 13.9. The van der Waals surface area contributed by atoms with Gasteiger partial charge in [0.1, 0.15) is 13.6 Å². The van der Waals surface area contributed by atoms with Crippen LogP contribution in [0.25, 0.3) is 0 Å². The van der Waals surface area contributed by atoms with Gasteiger partial charge < -0.3 is 14.2 Å². The fraction of sp³-hybridized carbons (Fsp3) is 0.857. The van der Waals surface area contributed by atoms with Crippen LogP contribution in [0.4, 0.5) is 0 Å². The molecule has 0 spiro atoms. The van der Waals surface area contributed by atoms with Crippen LogP contribution >= 0.6 is 31.9 Å². The van der Waals surface area contributed by atoms with Crippen molar-refractivity contribution < 1.29 is 14.2 Å². The molecule has 0 saturated carbocycles. The number of hydrogen-bond donors (Lipinski definition) is 0. The molecule has 0 amide bonds. The van der Waals surface area contributed by atoms with Crippen LogP contribution in [0.2, 0.25) is 0 Å². The Labute approximate surface area is 222 Å².